The number of benzene rings is 1. The highest BCUT2D eigenvalue weighted by atomic mass is 16.5. The Bertz CT molecular complexity index is 379. The molecular weight excluding hydrogens is 206 g/mol. The van der Waals surface area contributed by atoms with Gasteiger partial charge in [0.15, 0.2) is 0 Å². The number of fused-ring (bicyclic) bond motifs is 1. The van der Waals surface area contributed by atoms with Crippen molar-refractivity contribution >= 4 is 5.69 Å². The van der Waals surface area contributed by atoms with Gasteiger partial charge in [-0.15, -0.1) is 0 Å². The smallest absolute Gasteiger partial charge is 0.146 e. The first-order valence-electron chi connectivity index (χ1n) is 5.32. The zero-order valence-electron chi connectivity index (χ0n) is 9.87. The van der Waals surface area contributed by atoms with E-state index in [1.54, 1.807) is 21.3 Å². The highest BCUT2D eigenvalue weighted by Gasteiger charge is 2.23. The second-order valence-electron chi connectivity index (χ2n) is 3.73. The van der Waals surface area contributed by atoms with Crippen molar-refractivity contribution in [3.8, 4) is 11.5 Å². The summed E-state index contributed by atoms with van der Waals surface area (Å²) < 4.78 is 16.1. The molecule has 1 aromatic rings. The lowest BCUT2D eigenvalue weighted by molar-refractivity contribution is 0.0960. The normalized spacial score (nSPS) is 18.6. The first kappa shape index (κ1) is 11.1. The summed E-state index contributed by atoms with van der Waals surface area (Å²) in [5.74, 6) is 1.59. The van der Waals surface area contributed by atoms with Gasteiger partial charge in [-0.3, -0.25) is 0 Å². The molecule has 1 atom stereocenters. The summed E-state index contributed by atoms with van der Waals surface area (Å²) in [7, 11) is 5.04. The van der Waals surface area contributed by atoms with E-state index in [4.69, 9.17) is 14.2 Å². The number of anilines is 1. The third kappa shape index (κ3) is 1.80. The standard InChI is InChI=1S/C12H17NO3/c1-14-8-6-9-10(15-2)4-5-13-12(9)11(7-8)16-3/h6-7,10,13H,4-5H2,1-3H3. The highest BCUT2D eigenvalue weighted by molar-refractivity contribution is 5.66. The molecule has 0 aromatic heterocycles. The van der Waals surface area contributed by atoms with E-state index in [9.17, 15) is 0 Å². The minimum atomic E-state index is 0.111. The Morgan fingerprint density at radius 2 is 2.00 bits per heavy atom. The summed E-state index contributed by atoms with van der Waals surface area (Å²) in [4.78, 5) is 0. The fourth-order valence-electron chi connectivity index (χ4n) is 2.06. The van der Waals surface area contributed by atoms with Crippen LogP contribution in [0.25, 0.3) is 0 Å². The number of ether oxygens (including phenoxy) is 3. The SMILES string of the molecule is COc1cc(OC)c2c(c1)C(OC)CCN2. The van der Waals surface area contributed by atoms with E-state index in [1.165, 1.54) is 0 Å². The van der Waals surface area contributed by atoms with Gasteiger partial charge in [0.25, 0.3) is 0 Å². The Labute approximate surface area is 95.5 Å². The molecule has 0 amide bonds. The summed E-state index contributed by atoms with van der Waals surface area (Å²) in [6, 6.07) is 3.88. The van der Waals surface area contributed by atoms with Crippen molar-refractivity contribution in [3.63, 3.8) is 0 Å². The first-order valence-corrected chi connectivity index (χ1v) is 5.32. The van der Waals surface area contributed by atoms with E-state index in [2.05, 4.69) is 5.32 Å². The second-order valence-corrected chi connectivity index (χ2v) is 3.73. The molecule has 88 valence electrons. The zero-order valence-corrected chi connectivity index (χ0v) is 9.87. The van der Waals surface area contributed by atoms with Crippen molar-refractivity contribution in [3.05, 3.63) is 17.7 Å². The number of rotatable bonds is 3. The van der Waals surface area contributed by atoms with Gasteiger partial charge in [-0.2, -0.15) is 0 Å². The van der Waals surface area contributed by atoms with Crippen LogP contribution in [0, 0.1) is 0 Å². The number of hydrogen-bond acceptors (Lipinski definition) is 4. The topological polar surface area (TPSA) is 39.7 Å². The van der Waals surface area contributed by atoms with Gasteiger partial charge in [0.1, 0.15) is 11.5 Å². The van der Waals surface area contributed by atoms with Crippen molar-refractivity contribution in [1.82, 2.24) is 0 Å². The molecule has 16 heavy (non-hydrogen) atoms. The van der Waals surface area contributed by atoms with Crippen molar-refractivity contribution in [2.24, 2.45) is 0 Å². The molecule has 0 saturated heterocycles. The van der Waals surface area contributed by atoms with Crippen LogP contribution in [0.15, 0.2) is 12.1 Å². The third-order valence-electron chi connectivity index (χ3n) is 2.90. The summed E-state index contributed by atoms with van der Waals surface area (Å²) >= 11 is 0. The quantitative estimate of drug-likeness (QED) is 0.852. The molecule has 0 bridgehead atoms. The Morgan fingerprint density at radius 1 is 1.19 bits per heavy atom. The fraction of sp³-hybridized carbons (Fsp3) is 0.500. The van der Waals surface area contributed by atoms with Gasteiger partial charge in [-0.25, -0.2) is 0 Å². The lowest BCUT2D eigenvalue weighted by Crippen LogP contribution is -2.18. The van der Waals surface area contributed by atoms with E-state index >= 15 is 0 Å². The Hall–Kier alpha value is -1.42. The van der Waals surface area contributed by atoms with E-state index in [0.717, 1.165) is 35.7 Å². The molecule has 2 rings (SSSR count). The Morgan fingerprint density at radius 3 is 2.62 bits per heavy atom. The zero-order chi connectivity index (χ0) is 11.5. The number of methoxy groups -OCH3 is 3. The van der Waals surface area contributed by atoms with Crippen LogP contribution in [-0.2, 0) is 4.74 Å². The Kier molecular flexibility index (Phi) is 3.19. The maximum Gasteiger partial charge on any atom is 0.146 e. The number of hydrogen-bond donors (Lipinski definition) is 1. The molecule has 0 fully saturated rings. The van der Waals surface area contributed by atoms with Gasteiger partial charge in [0.2, 0.25) is 0 Å². The van der Waals surface area contributed by atoms with E-state index in [1.807, 2.05) is 12.1 Å². The average molecular weight is 223 g/mol. The second kappa shape index (κ2) is 4.61. The molecule has 0 saturated carbocycles. The molecule has 1 unspecified atom stereocenters. The highest BCUT2D eigenvalue weighted by Crippen LogP contribution is 2.41. The lowest BCUT2D eigenvalue weighted by Gasteiger charge is -2.27. The van der Waals surface area contributed by atoms with Gasteiger partial charge >= 0.3 is 0 Å². The molecular formula is C12H17NO3. The predicted octanol–water partition coefficient (Wildman–Crippen LogP) is 2.21. The molecule has 0 aliphatic carbocycles. The maximum atomic E-state index is 5.47. The van der Waals surface area contributed by atoms with Crippen LogP contribution < -0.4 is 14.8 Å². The maximum absolute atomic E-state index is 5.47. The first-order chi connectivity index (χ1) is 7.80. The third-order valence-corrected chi connectivity index (χ3v) is 2.90. The van der Waals surface area contributed by atoms with Crippen LogP contribution in [0.4, 0.5) is 5.69 Å². The minimum absolute atomic E-state index is 0.111. The summed E-state index contributed by atoms with van der Waals surface area (Å²) in [6.45, 7) is 0.897. The van der Waals surface area contributed by atoms with Gasteiger partial charge in [-0.05, 0) is 12.5 Å². The molecule has 1 heterocycles. The monoisotopic (exact) mass is 223 g/mol. The molecule has 1 aromatic carbocycles. The van der Waals surface area contributed by atoms with Crippen molar-refractivity contribution < 1.29 is 14.2 Å². The lowest BCUT2D eigenvalue weighted by atomic mass is 9.99. The van der Waals surface area contributed by atoms with Crippen LogP contribution in [-0.4, -0.2) is 27.9 Å². The molecule has 1 N–H and O–H groups in total. The average Bonchev–Trinajstić information content (AvgIpc) is 2.36. The van der Waals surface area contributed by atoms with E-state index in [-0.39, 0.29) is 6.10 Å². The predicted molar refractivity (Wildman–Crippen MR) is 62.4 cm³/mol. The van der Waals surface area contributed by atoms with Crippen molar-refractivity contribution in [2.75, 3.05) is 33.2 Å². The minimum Gasteiger partial charge on any atom is -0.497 e. The fourth-order valence-corrected chi connectivity index (χ4v) is 2.06. The number of nitrogens with one attached hydrogen (secondary N) is 1. The van der Waals surface area contributed by atoms with Gasteiger partial charge in [-0.1, -0.05) is 0 Å². The molecule has 0 radical (unpaired) electrons. The van der Waals surface area contributed by atoms with E-state index < -0.39 is 0 Å². The molecule has 1 aliphatic rings. The molecule has 0 spiro atoms. The van der Waals surface area contributed by atoms with Crippen molar-refractivity contribution in [2.45, 2.75) is 12.5 Å². The Balaban J connectivity index is 2.50. The van der Waals surface area contributed by atoms with E-state index in [0.29, 0.717) is 0 Å². The van der Waals surface area contributed by atoms with Crippen LogP contribution >= 0.6 is 0 Å². The summed E-state index contributed by atoms with van der Waals surface area (Å²) in [6.07, 6.45) is 1.07. The molecule has 1 aliphatic heterocycles. The van der Waals surface area contributed by atoms with Crippen LogP contribution in [0.1, 0.15) is 18.1 Å². The van der Waals surface area contributed by atoms with Crippen molar-refractivity contribution in [1.29, 1.82) is 0 Å². The summed E-state index contributed by atoms with van der Waals surface area (Å²) in [5, 5.41) is 3.34. The molecule has 4 nitrogen and oxygen atoms in total. The molecule has 4 heteroatoms. The summed E-state index contributed by atoms with van der Waals surface area (Å²) in [5.41, 5.74) is 2.12. The largest absolute Gasteiger partial charge is 0.497 e. The van der Waals surface area contributed by atoms with Gasteiger partial charge < -0.3 is 19.5 Å². The van der Waals surface area contributed by atoms with Gasteiger partial charge in [0.05, 0.1) is 26.0 Å². The van der Waals surface area contributed by atoms with Crippen LogP contribution in [0.3, 0.4) is 0 Å². The van der Waals surface area contributed by atoms with Gasteiger partial charge in [0, 0.05) is 25.3 Å². The van der Waals surface area contributed by atoms with Crippen LogP contribution in [0.5, 0.6) is 11.5 Å². The van der Waals surface area contributed by atoms with Crippen LogP contribution in [0.2, 0.25) is 0 Å².